The van der Waals surface area contributed by atoms with Crippen LogP contribution in [0.3, 0.4) is 0 Å². The minimum Gasteiger partial charge on any atom is -0.393 e. The standard InChI is InChI=1S/C16H19N3OS/c1-3-5-12(15(17)21)16(20)19-13-7-4-6-11-9-8-10(2)18-14(11)13/h4,6-9,12H,3,5H2,1-2H3,(H2,17,21)(H,19,20). The number of para-hydroxylation sites is 1. The fourth-order valence-electron chi connectivity index (χ4n) is 2.26. The Morgan fingerprint density at radius 1 is 1.38 bits per heavy atom. The molecular weight excluding hydrogens is 282 g/mol. The number of benzene rings is 1. The number of hydrogen-bond donors (Lipinski definition) is 2. The van der Waals surface area contributed by atoms with Crippen molar-refractivity contribution in [3.8, 4) is 0 Å². The number of amides is 1. The van der Waals surface area contributed by atoms with Gasteiger partial charge in [-0.3, -0.25) is 9.78 Å². The normalized spacial score (nSPS) is 12.1. The van der Waals surface area contributed by atoms with Crippen molar-refractivity contribution >= 4 is 39.7 Å². The molecule has 0 aliphatic carbocycles. The number of pyridine rings is 1. The van der Waals surface area contributed by atoms with Crippen LogP contribution in [-0.2, 0) is 4.79 Å². The second-order valence-electron chi connectivity index (χ2n) is 5.06. The van der Waals surface area contributed by atoms with Crippen LogP contribution in [0.25, 0.3) is 10.9 Å². The van der Waals surface area contributed by atoms with Crippen molar-refractivity contribution < 1.29 is 4.79 Å². The van der Waals surface area contributed by atoms with E-state index in [0.29, 0.717) is 12.1 Å². The number of aryl methyl sites for hydroxylation is 1. The third-order valence-electron chi connectivity index (χ3n) is 3.35. The van der Waals surface area contributed by atoms with E-state index in [4.69, 9.17) is 18.0 Å². The lowest BCUT2D eigenvalue weighted by Crippen LogP contribution is -2.33. The van der Waals surface area contributed by atoms with Gasteiger partial charge in [-0.05, 0) is 25.5 Å². The zero-order valence-electron chi connectivity index (χ0n) is 12.2. The summed E-state index contributed by atoms with van der Waals surface area (Å²) < 4.78 is 0. The maximum atomic E-state index is 12.4. The van der Waals surface area contributed by atoms with Crippen LogP contribution >= 0.6 is 12.2 Å². The van der Waals surface area contributed by atoms with E-state index in [0.717, 1.165) is 23.0 Å². The zero-order valence-corrected chi connectivity index (χ0v) is 13.0. The van der Waals surface area contributed by atoms with Gasteiger partial charge in [0.25, 0.3) is 0 Å². The van der Waals surface area contributed by atoms with Crippen LogP contribution in [-0.4, -0.2) is 15.9 Å². The molecule has 5 heteroatoms. The summed E-state index contributed by atoms with van der Waals surface area (Å²) in [5, 5.41) is 3.90. The molecule has 2 rings (SSSR count). The van der Waals surface area contributed by atoms with E-state index in [9.17, 15) is 4.79 Å². The molecule has 0 radical (unpaired) electrons. The van der Waals surface area contributed by atoms with Gasteiger partial charge < -0.3 is 11.1 Å². The Kier molecular flexibility index (Phi) is 4.85. The van der Waals surface area contributed by atoms with Gasteiger partial charge in [0.05, 0.1) is 22.1 Å². The highest BCUT2D eigenvalue weighted by atomic mass is 32.1. The first-order valence-electron chi connectivity index (χ1n) is 6.99. The number of rotatable bonds is 5. The van der Waals surface area contributed by atoms with Crippen molar-refractivity contribution in [3.63, 3.8) is 0 Å². The topological polar surface area (TPSA) is 68.0 Å². The van der Waals surface area contributed by atoms with Gasteiger partial charge >= 0.3 is 0 Å². The largest absolute Gasteiger partial charge is 0.393 e. The Hall–Kier alpha value is -2.01. The van der Waals surface area contributed by atoms with E-state index in [-0.39, 0.29) is 10.9 Å². The smallest absolute Gasteiger partial charge is 0.234 e. The number of nitrogens with one attached hydrogen (secondary N) is 1. The van der Waals surface area contributed by atoms with E-state index in [2.05, 4.69) is 10.3 Å². The molecule has 2 aromatic rings. The van der Waals surface area contributed by atoms with Gasteiger partial charge in [0.1, 0.15) is 0 Å². The van der Waals surface area contributed by atoms with E-state index in [1.807, 2.05) is 44.2 Å². The second kappa shape index (κ2) is 6.63. The van der Waals surface area contributed by atoms with Crippen LogP contribution in [0, 0.1) is 12.8 Å². The monoisotopic (exact) mass is 301 g/mol. The molecule has 0 aliphatic rings. The van der Waals surface area contributed by atoms with Crippen LogP contribution < -0.4 is 11.1 Å². The number of anilines is 1. The van der Waals surface area contributed by atoms with Crippen molar-refractivity contribution in [2.75, 3.05) is 5.32 Å². The number of carbonyl (C=O) groups is 1. The van der Waals surface area contributed by atoms with Gasteiger partial charge in [0.15, 0.2) is 0 Å². The summed E-state index contributed by atoms with van der Waals surface area (Å²) in [6.07, 6.45) is 1.50. The molecule has 0 bridgehead atoms. The number of hydrogen-bond acceptors (Lipinski definition) is 3. The van der Waals surface area contributed by atoms with Crippen LogP contribution in [0.4, 0.5) is 5.69 Å². The lowest BCUT2D eigenvalue weighted by Gasteiger charge is -2.15. The first-order valence-corrected chi connectivity index (χ1v) is 7.40. The molecule has 0 saturated heterocycles. The lowest BCUT2D eigenvalue weighted by molar-refractivity contribution is -0.118. The summed E-state index contributed by atoms with van der Waals surface area (Å²) in [7, 11) is 0. The average molecular weight is 301 g/mol. The van der Waals surface area contributed by atoms with Gasteiger partial charge in [-0.1, -0.05) is 43.8 Å². The summed E-state index contributed by atoms with van der Waals surface area (Å²) in [5.41, 5.74) is 8.05. The number of fused-ring (bicyclic) bond motifs is 1. The molecule has 1 aromatic carbocycles. The Balaban J connectivity index is 2.32. The van der Waals surface area contributed by atoms with Crippen molar-refractivity contribution in [2.45, 2.75) is 26.7 Å². The lowest BCUT2D eigenvalue weighted by atomic mass is 10.0. The van der Waals surface area contributed by atoms with Gasteiger partial charge in [0.2, 0.25) is 5.91 Å². The number of nitrogens with two attached hydrogens (primary N) is 1. The molecule has 1 heterocycles. The molecule has 1 aromatic heterocycles. The first kappa shape index (κ1) is 15.4. The van der Waals surface area contributed by atoms with E-state index < -0.39 is 5.92 Å². The molecule has 1 amide bonds. The van der Waals surface area contributed by atoms with Crippen molar-refractivity contribution in [2.24, 2.45) is 11.7 Å². The molecule has 1 atom stereocenters. The Bertz CT molecular complexity index is 684. The fourth-order valence-corrected chi connectivity index (χ4v) is 2.48. The summed E-state index contributed by atoms with van der Waals surface area (Å²) in [6.45, 7) is 3.92. The molecule has 4 nitrogen and oxygen atoms in total. The van der Waals surface area contributed by atoms with Gasteiger partial charge in [-0.25, -0.2) is 0 Å². The highest BCUT2D eigenvalue weighted by Gasteiger charge is 2.21. The van der Waals surface area contributed by atoms with Gasteiger partial charge in [-0.2, -0.15) is 0 Å². The van der Waals surface area contributed by atoms with Crippen molar-refractivity contribution in [1.82, 2.24) is 4.98 Å². The van der Waals surface area contributed by atoms with Gasteiger partial charge in [-0.15, -0.1) is 0 Å². The van der Waals surface area contributed by atoms with Crippen molar-refractivity contribution in [3.05, 3.63) is 36.0 Å². The van der Waals surface area contributed by atoms with E-state index in [1.165, 1.54) is 0 Å². The number of aromatic nitrogens is 1. The molecule has 3 N–H and O–H groups in total. The minimum atomic E-state index is -0.440. The number of thiocarbonyl (C=S) groups is 1. The summed E-state index contributed by atoms with van der Waals surface area (Å²) in [5.74, 6) is -0.606. The fraction of sp³-hybridized carbons (Fsp3) is 0.312. The molecule has 21 heavy (non-hydrogen) atoms. The SMILES string of the molecule is CCCC(C(=O)Nc1cccc2ccc(C)nc12)C(N)=S. The predicted molar refractivity (Wildman–Crippen MR) is 90.3 cm³/mol. The molecular formula is C16H19N3OS. The summed E-state index contributed by atoms with van der Waals surface area (Å²) >= 11 is 4.99. The van der Waals surface area contributed by atoms with Crippen LogP contribution in [0.1, 0.15) is 25.5 Å². The summed E-state index contributed by atoms with van der Waals surface area (Å²) in [6, 6.07) is 9.64. The van der Waals surface area contributed by atoms with Gasteiger partial charge in [0, 0.05) is 11.1 Å². The van der Waals surface area contributed by atoms with Crippen molar-refractivity contribution in [1.29, 1.82) is 0 Å². The second-order valence-corrected chi connectivity index (χ2v) is 5.53. The Morgan fingerprint density at radius 2 is 2.14 bits per heavy atom. The highest BCUT2D eigenvalue weighted by molar-refractivity contribution is 7.80. The molecule has 1 unspecified atom stereocenters. The third kappa shape index (κ3) is 3.55. The summed E-state index contributed by atoms with van der Waals surface area (Å²) in [4.78, 5) is 17.1. The molecule has 0 saturated carbocycles. The quantitative estimate of drug-likeness (QED) is 0.832. The maximum absolute atomic E-state index is 12.4. The molecule has 0 fully saturated rings. The van der Waals surface area contributed by atoms with E-state index >= 15 is 0 Å². The molecule has 110 valence electrons. The average Bonchev–Trinajstić information content (AvgIpc) is 2.45. The highest BCUT2D eigenvalue weighted by Crippen LogP contribution is 2.23. The predicted octanol–water partition coefficient (Wildman–Crippen LogP) is 3.18. The number of nitrogens with zero attached hydrogens (tertiary/aromatic N) is 1. The van der Waals surface area contributed by atoms with E-state index in [1.54, 1.807) is 0 Å². The van der Waals surface area contributed by atoms with Crippen LogP contribution in [0.5, 0.6) is 0 Å². The van der Waals surface area contributed by atoms with Crippen LogP contribution in [0.2, 0.25) is 0 Å². The maximum Gasteiger partial charge on any atom is 0.234 e. The first-order chi connectivity index (χ1) is 10.0. The molecule has 0 spiro atoms. The molecule has 0 aliphatic heterocycles. The zero-order chi connectivity index (χ0) is 15.4. The Morgan fingerprint density at radius 3 is 2.81 bits per heavy atom. The Labute approximate surface area is 129 Å². The van der Waals surface area contributed by atoms with Crippen LogP contribution in [0.15, 0.2) is 30.3 Å². The number of carbonyl (C=O) groups excluding carboxylic acids is 1. The minimum absolute atomic E-state index is 0.167. The third-order valence-corrected chi connectivity index (χ3v) is 3.64.